The zero-order valence-electron chi connectivity index (χ0n) is 19.1. The van der Waals surface area contributed by atoms with Crippen LogP contribution in [0.5, 0.6) is 11.5 Å². The first-order valence-electron chi connectivity index (χ1n) is 10.7. The summed E-state index contributed by atoms with van der Waals surface area (Å²) in [6, 6.07) is 12.1. The average Bonchev–Trinajstić information content (AvgIpc) is 2.85. The van der Waals surface area contributed by atoms with Crippen LogP contribution in [-0.2, 0) is 9.47 Å². The molecule has 0 radical (unpaired) electrons. The molecule has 0 saturated carbocycles. The third kappa shape index (κ3) is 9.19. The van der Waals surface area contributed by atoms with Crippen LogP contribution in [0.4, 0.5) is 9.59 Å². The van der Waals surface area contributed by atoms with Gasteiger partial charge in [0.25, 0.3) is 0 Å². The minimum atomic E-state index is -0.574. The Kier molecular flexibility index (Phi) is 10.9. The number of carbonyl (C=O) groups excluding carboxylic acids is 4. The molecule has 34 heavy (non-hydrogen) atoms. The summed E-state index contributed by atoms with van der Waals surface area (Å²) in [7, 11) is 2.59. The summed E-state index contributed by atoms with van der Waals surface area (Å²) in [6.07, 6.45) is 2.09. The van der Waals surface area contributed by atoms with Gasteiger partial charge in [-0.25, -0.2) is 19.2 Å². The highest BCUT2D eigenvalue weighted by Crippen LogP contribution is 2.14. The number of hydrogen-bond acceptors (Lipinski definition) is 8. The molecular formula is C24H28N2O8. The van der Waals surface area contributed by atoms with E-state index in [1.54, 1.807) is 0 Å². The van der Waals surface area contributed by atoms with E-state index in [1.165, 1.54) is 62.8 Å². The molecule has 0 fully saturated rings. The van der Waals surface area contributed by atoms with E-state index in [9.17, 15) is 19.2 Å². The van der Waals surface area contributed by atoms with Gasteiger partial charge >= 0.3 is 24.1 Å². The number of methoxy groups -OCH3 is 2. The molecule has 0 unspecified atom stereocenters. The molecule has 0 spiro atoms. The zero-order valence-corrected chi connectivity index (χ0v) is 19.1. The second-order valence-corrected chi connectivity index (χ2v) is 7.08. The molecule has 182 valence electrons. The Morgan fingerprint density at radius 2 is 0.941 bits per heavy atom. The van der Waals surface area contributed by atoms with E-state index >= 15 is 0 Å². The number of rotatable bonds is 11. The predicted octanol–water partition coefficient (Wildman–Crippen LogP) is 3.70. The van der Waals surface area contributed by atoms with E-state index in [1.807, 2.05) is 0 Å². The van der Waals surface area contributed by atoms with E-state index in [0.29, 0.717) is 35.7 Å². The number of amides is 2. The Hall–Kier alpha value is -4.08. The lowest BCUT2D eigenvalue weighted by Crippen LogP contribution is -2.28. The van der Waals surface area contributed by atoms with E-state index in [4.69, 9.17) is 9.47 Å². The standard InChI is InChI=1S/C24H28N2O8/c1-31-21(27)17-7-11-19(12-8-17)33-23(29)25-15-5-3-4-6-16-26-24(30)34-20-13-9-18(10-14-20)22(28)32-2/h7-14H,3-6,15-16H2,1-2H3,(H,25,29)(H,26,30). The molecule has 0 aromatic heterocycles. The van der Waals surface area contributed by atoms with Gasteiger partial charge in [-0.2, -0.15) is 0 Å². The molecule has 2 aromatic rings. The first-order valence-corrected chi connectivity index (χ1v) is 10.7. The molecule has 0 atom stereocenters. The van der Waals surface area contributed by atoms with Crippen molar-refractivity contribution in [2.75, 3.05) is 27.3 Å². The predicted molar refractivity (Wildman–Crippen MR) is 122 cm³/mol. The number of benzene rings is 2. The third-order valence-corrected chi connectivity index (χ3v) is 4.61. The fraction of sp³-hybridized carbons (Fsp3) is 0.333. The molecule has 2 aromatic carbocycles. The highest BCUT2D eigenvalue weighted by molar-refractivity contribution is 5.90. The second-order valence-electron chi connectivity index (χ2n) is 7.08. The molecule has 10 heteroatoms. The Labute approximate surface area is 197 Å². The van der Waals surface area contributed by atoms with Crippen molar-refractivity contribution in [3.8, 4) is 11.5 Å². The molecule has 0 aliphatic carbocycles. The minimum Gasteiger partial charge on any atom is -0.465 e. The summed E-state index contributed by atoms with van der Waals surface area (Å²) in [4.78, 5) is 46.4. The normalized spacial score (nSPS) is 10.1. The van der Waals surface area contributed by atoms with Crippen molar-refractivity contribution in [3.63, 3.8) is 0 Å². The van der Waals surface area contributed by atoms with Crippen molar-refractivity contribution in [2.24, 2.45) is 0 Å². The molecule has 0 aliphatic rings. The quantitative estimate of drug-likeness (QED) is 0.374. The van der Waals surface area contributed by atoms with Crippen LogP contribution in [0.25, 0.3) is 0 Å². The molecule has 0 heterocycles. The summed E-state index contributed by atoms with van der Waals surface area (Å²) in [6.45, 7) is 0.909. The molecule has 0 saturated heterocycles. The summed E-state index contributed by atoms with van der Waals surface area (Å²) < 4.78 is 19.5. The van der Waals surface area contributed by atoms with Crippen molar-refractivity contribution < 1.29 is 38.1 Å². The van der Waals surface area contributed by atoms with E-state index in [0.717, 1.165) is 25.7 Å². The third-order valence-electron chi connectivity index (χ3n) is 4.61. The van der Waals surface area contributed by atoms with Gasteiger partial charge in [-0.1, -0.05) is 12.8 Å². The lowest BCUT2D eigenvalue weighted by atomic mass is 10.2. The van der Waals surface area contributed by atoms with E-state index in [2.05, 4.69) is 20.1 Å². The van der Waals surface area contributed by atoms with Crippen LogP contribution in [0.15, 0.2) is 48.5 Å². The lowest BCUT2D eigenvalue weighted by Gasteiger charge is -2.08. The van der Waals surface area contributed by atoms with E-state index in [-0.39, 0.29) is 0 Å². The Morgan fingerprint density at radius 1 is 0.588 bits per heavy atom. The van der Waals surface area contributed by atoms with Gasteiger partial charge < -0.3 is 29.6 Å². The van der Waals surface area contributed by atoms with Gasteiger partial charge in [0.1, 0.15) is 11.5 Å². The van der Waals surface area contributed by atoms with Crippen molar-refractivity contribution >= 4 is 24.1 Å². The summed E-state index contributed by atoms with van der Waals surface area (Å²) in [5.41, 5.74) is 0.736. The van der Waals surface area contributed by atoms with Gasteiger partial charge in [0.05, 0.1) is 25.3 Å². The SMILES string of the molecule is COC(=O)c1ccc(OC(=O)NCCCCCCNC(=O)Oc2ccc(C(=O)OC)cc2)cc1. The molecule has 10 nitrogen and oxygen atoms in total. The molecule has 0 bridgehead atoms. The van der Waals surface area contributed by atoms with Crippen molar-refractivity contribution in [1.29, 1.82) is 0 Å². The summed E-state index contributed by atoms with van der Waals surface area (Å²) >= 11 is 0. The molecule has 2 N–H and O–H groups in total. The Balaban J connectivity index is 1.51. The van der Waals surface area contributed by atoms with Crippen LogP contribution in [0.3, 0.4) is 0 Å². The van der Waals surface area contributed by atoms with Crippen LogP contribution < -0.4 is 20.1 Å². The van der Waals surface area contributed by atoms with Gasteiger partial charge in [0.2, 0.25) is 0 Å². The van der Waals surface area contributed by atoms with Gasteiger partial charge in [-0.05, 0) is 61.4 Å². The molecule has 2 amide bonds. The van der Waals surface area contributed by atoms with Crippen LogP contribution in [0.1, 0.15) is 46.4 Å². The van der Waals surface area contributed by atoms with Crippen LogP contribution >= 0.6 is 0 Å². The van der Waals surface area contributed by atoms with Crippen LogP contribution in [0.2, 0.25) is 0 Å². The van der Waals surface area contributed by atoms with Crippen LogP contribution in [0, 0.1) is 0 Å². The number of hydrogen-bond donors (Lipinski definition) is 2. The smallest absolute Gasteiger partial charge is 0.412 e. The molecule has 0 aliphatic heterocycles. The summed E-state index contributed by atoms with van der Waals surface area (Å²) in [5, 5.41) is 5.32. The second kappa shape index (κ2) is 14.1. The fourth-order valence-electron chi connectivity index (χ4n) is 2.82. The molecular weight excluding hydrogens is 444 g/mol. The number of esters is 2. The maximum absolute atomic E-state index is 11.8. The van der Waals surface area contributed by atoms with E-state index < -0.39 is 24.1 Å². The fourth-order valence-corrected chi connectivity index (χ4v) is 2.82. The number of carbonyl (C=O) groups is 4. The monoisotopic (exact) mass is 472 g/mol. The number of nitrogens with one attached hydrogen (secondary N) is 2. The van der Waals surface area contributed by atoms with Crippen molar-refractivity contribution in [2.45, 2.75) is 25.7 Å². The highest BCUT2D eigenvalue weighted by Gasteiger charge is 2.09. The van der Waals surface area contributed by atoms with Gasteiger partial charge in [0.15, 0.2) is 0 Å². The van der Waals surface area contributed by atoms with Gasteiger partial charge in [-0.3, -0.25) is 0 Å². The summed E-state index contributed by atoms with van der Waals surface area (Å²) in [5.74, 6) is -0.283. The van der Waals surface area contributed by atoms with Gasteiger partial charge in [0, 0.05) is 13.1 Å². The Morgan fingerprint density at radius 3 is 1.26 bits per heavy atom. The highest BCUT2D eigenvalue weighted by atomic mass is 16.6. The molecule has 2 rings (SSSR count). The Bertz CT molecular complexity index is 878. The van der Waals surface area contributed by atoms with Crippen LogP contribution in [-0.4, -0.2) is 51.4 Å². The number of unbranched alkanes of at least 4 members (excludes halogenated alkanes) is 3. The first kappa shape index (κ1) is 26.2. The van der Waals surface area contributed by atoms with Gasteiger partial charge in [-0.15, -0.1) is 0 Å². The maximum atomic E-state index is 11.8. The first-order chi connectivity index (χ1) is 16.4. The largest absolute Gasteiger partial charge is 0.465 e. The average molecular weight is 472 g/mol. The maximum Gasteiger partial charge on any atom is 0.412 e. The lowest BCUT2D eigenvalue weighted by molar-refractivity contribution is 0.0592. The van der Waals surface area contributed by atoms with Crippen molar-refractivity contribution in [3.05, 3.63) is 59.7 Å². The number of ether oxygens (including phenoxy) is 4. The minimum absolute atomic E-state index is 0.322. The van der Waals surface area contributed by atoms with Crippen molar-refractivity contribution in [1.82, 2.24) is 10.6 Å². The topological polar surface area (TPSA) is 129 Å². The zero-order chi connectivity index (χ0) is 24.8.